The zero-order valence-corrected chi connectivity index (χ0v) is 22.3. The summed E-state index contributed by atoms with van der Waals surface area (Å²) in [7, 11) is 0. The number of fused-ring (bicyclic) bond motifs is 1. The van der Waals surface area contributed by atoms with Crippen molar-refractivity contribution in [2.24, 2.45) is 16.6 Å². The van der Waals surface area contributed by atoms with E-state index < -0.39 is 11.5 Å². The van der Waals surface area contributed by atoms with Crippen LogP contribution in [0.3, 0.4) is 0 Å². The van der Waals surface area contributed by atoms with Crippen LogP contribution in [-0.2, 0) is 15.1 Å². The van der Waals surface area contributed by atoms with Crippen LogP contribution in [0.25, 0.3) is 0 Å². The van der Waals surface area contributed by atoms with Crippen molar-refractivity contribution in [1.82, 2.24) is 10.2 Å². The molecule has 0 radical (unpaired) electrons. The molecule has 1 aromatic carbocycles. The summed E-state index contributed by atoms with van der Waals surface area (Å²) in [5, 5.41) is 3.15. The highest BCUT2D eigenvalue weighted by Gasteiger charge is 2.43. The van der Waals surface area contributed by atoms with E-state index in [0.29, 0.717) is 0 Å². The standard InChI is InChI=1S/C31H36N4O3/c1-30(2,3)38-29(37)34-31(18-7-19-31)24-14-12-22(13-15-24)27-28(23-8-5-4-6-9-23)35-20-21(10-16-25(32)36)11-17-26(35)33-27/h4-6,8,10-17,20,23,27-28H,7,9,18-19H2,1-3H3,(H2,32,36)(H,34,37)/b16-10+. The van der Waals surface area contributed by atoms with Crippen molar-refractivity contribution in [1.29, 1.82) is 0 Å². The molecule has 2 heterocycles. The number of carbonyl (C=O) groups is 2. The quantitative estimate of drug-likeness (QED) is 0.503. The van der Waals surface area contributed by atoms with Crippen LogP contribution in [0.2, 0.25) is 0 Å². The number of benzene rings is 1. The summed E-state index contributed by atoms with van der Waals surface area (Å²) >= 11 is 0. The molecule has 1 aromatic rings. The lowest BCUT2D eigenvalue weighted by atomic mass is 9.71. The van der Waals surface area contributed by atoms with Crippen LogP contribution in [0.15, 0.2) is 89.6 Å². The Morgan fingerprint density at radius 3 is 2.53 bits per heavy atom. The molecule has 2 amide bonds. The molecule has 7 nitrogen and oxygen atoms in total. The molecule has 3 atom stereocenters. The van der Waals surface area contributed by atoms with Gasteiger partial charge in [0.25, 0.3) is 0 Å². The van der Waals surface area contributed by atoms with E-state index in [9.17, 15) is 9.59 Å². The van der Waals surface area contributed by atoms with Gasteiger partial charge in [-0.05, 0) is 81.4 Å². The number of aliphatic imine (C=N–C) groups is 1. The van der Waals surface area contributed by atoms with Crippen molar-refractivity contribution < 1.29 is 14.3 Å². The number of hydrogen-bond donors (Lipinski definition) is 2. The van der Waals surface area contributed by atoms with Crippen molar-refractivity contribution in [3.8, 4) is 0 Å². The minimum atomic E-state index is -0.539. The molecule has 1 saturated carbocycles. The summed E-state index contributed by atoms with van der Waals surface area (Å²) in [6, 6.07) is 8.59. The lowest BCUT2D eigenvalue weighted by Crippen LogP contribution is -2.52. The molecule has 2 aliphatic heterocycles. The predicted octanol–water partition coefficient (Wildman–Crippen LogP) is 5.34. The van der Waals surface area contributed by atoms with Gasteiger partial charge in [-0.1, -0.05) is 48.6 Å². The Morgan fingerprint density at radius 1 is 1.16 bits per heavy atom. The fraction of sp³-hybridized carbons (Fsp3) is 0.387. The van der Waals surface area contributed by atoms with Gasteiger partial charge in [0.15, 0.2) is 0 Å². The van der Waals surface area contributed by atoms with Crippen LogP contribution < -0.4 is 11.1 Å². The first-order valence-electron chi connectivity index (χ1n) is 13.3. The highest BCUT2D eigenvalue weighted by Crippen LogP contribution is 2.44. The Labute approximate surface area is 224 Å². The smallest absolute Gasteiger partial charge is 0.408 e. The van der Waals surface area contributed by atoms with E-state index >= 15 is 0 Å². The van der Waals surface area contributed by atoms with Gasteiger partial charge in [-0.15, -0.1) is 0 Å². The number of carbonyl (C=O) groups excluding carboxylic acids is 2. The second-order valence-electron chi connectivity index (χ2n) is 11.4. The van der Waals surface area contributed by atoms with Crippen molar-refractivity contribution in [2.45, 2.75) is 69.7 Å². The van der Waals surface area contributed by atoms with Gasteiger partial charge < -0.3 is 20.7 Å². The van der Waals surface area contributed by atoms with Crippen LogP contribution in [0.1, 0.15) is 63.6 Å². The number of alkyl carbamates (subject to hydrolysis) is 1. The SMILES string of the molecule is CC(C)(C)OC(=O)NC1(c2ccc(C3N=C4C=CC(/C=C/C(N)=O)=CN4C3C3C=CC=CC3)cc2)CCC1. The third kappa shape index (κ3) is 5.37. The maximum Gasteiger partial charge on any atom is 0.408 e. The van der Waals surface area contributed by atoms with Crippen molar-refractivity contribution >= 4 is 17.8 Å². The minimum Gasteiger partial charge on any atom is -0.444 e. The first-order chi connectivity index (χ1) is 18.1. The van der Waals surface area contributed by atoms with Gasteiger partial charge in [-0.3, -0.25) is 9.79 Å². The predicted molar refractivity (Wildman–Crippen MR) is 149 cm³/mol. The Morgan fingerprint density at radius 2 is 1.92 bits per heavy atom. The van der Waals surface area contributed by atoms with Crippen LogP contribution in [0.5, 0.6) is 0 Å². The van der Waals surface area contributed by atoms with Crippen LogP contribution in [0, 0.1) is 5.92 Å². The topological polar surface area (TPSA) is 97.0 Å². The normalized spacial score (nSPS) is 25.4. The Bertz CT molecular complexity index is 1270. The number of nitrogens with one attached hydrogen (secondary N) is 1. The number of allylic oxidation sites excluding steroid dienone is 6. The maximum atomic E-state index is 12.6. The van der Waals surface area contributed by atoms with E-state index in [4.69, 9.17) is 15.5 Å². The monoisotopic (exact) mass is 512 g/mol. The third-order valence-electron chi connectivity index (χ3n) is 7.54. The van der Waals surface area contributed by atoms with E-state index in [1.165, 1.54) is 6.08 Å². The number of hydrogen-bond acceptors (Lipinski definition) is 5. The number of amides is 2. The molecule has 0 saturated heterocycles. The number of nitrogens with two attached hydrogens (primary N) is 1. The largest absolute Gasteiger partial charge is 0.444 e. The molecule has 38 heavy (non-hydrogen) atoms. The lowest BCUT2D eigenvalue weighted by Gasteiger charge is -2.43. The lowest BCUT2D eigenvalue weighted by molar-refractivity contribution is -0.113. The summed E-state index contributed by atoms with van der Waals surface area (Å²) in [6.45, 7) is 5.63. The van der Waals surface area contributed by atoms with Crippen molar-refractivity contribution in [3.63, 3.8) is 0 Å². The number of rotatable bonds is 6. The zero-order valence-electron chi connectivity index (χ0n) is 22.3. The van der Waals surface area contributed by atoms with E-state index in [0.717, 1.165) is 48.2 Å². The minimum absolute atomic E-state index is 0.0586. The first-order valence-corrected chi connectivity index (χ1v) is 13.3. The molecule has 198 valence electrons. The molecular weight excluding hydrogens is 476 g/mol. The molecule has 5 rings (SSSR count). The summed E-state index contributed by atoms with van der Waals surface area (Å²) < 4.78 is 5.54. The van der Waals surface area contributed by atoms with E-state index in [2.05, 4.69) is 65.0 Å². The summed E-state index contributed by atoms with van der Waals surface area (Å²) in [6.07, 6.45) is 21.2. The second-order valence-corrected chi connectivity index (χ2v) is 11.4. The summed E-state index contributed by atoms with van der Waals surface area (Å²) in [5.74, 6) is 0.715. The summed E-state index contributed by atoms with van der Waals surface area (Å²) in [4.78, 5) is 31.2. The molecule has 1 fully saturated rings. The van der Waals surface area contributed by atoms with Crippen LogP contribution in [-0.4, -0.2) is 34.4 Å². The average molecular weight is 513 g/mol. The molecule has 0 aromatic heterocycles. The molecule has 0 spiro atoms. The molecule has 7 heteroatoms. The maximum absolute atomic E-state index is 12.6. The fourth-order valence-corrected chi connectivity index (χ4v) is 5.60. The average Bonchev–Trinajstić information content (AvgIpc) is 3.23. The third-order valence-corrected chi connectivity index (χ3v) is 7.54. The van der Waals surface area contributed by atoms with E-state index in [1.54, 1.807) is 6.08 Å². The molecule has 3 N–H and O–H groups in total. The Kier molecular flexibility index (Phi) is 6.86. The second kappa shape index (κ2) is 10.1. The van der Waals surface area contributed by atoms with Gasteiger partial charge in [0, 0.05) is 18.2 Å². The Balaban J connectivity index is 1.41. The fourth-order valence-electron chi connectivity index (χ4n) is 5.60. The van der Waals surface area contributed by atoms with Gasteiger partial charge >= 0.3 is 6.09 Å². The Hall–Kier alpha value is -3.87. The van der Waals surface area contributed by atoms with Gasteiger partial charge in [-0.25, -0.2) is 4.79 Å². The first kappa shape index (κ1) is 25.8. The van der Waals surface area contributed by atoms with Crippen LogP contribution >= 0.6 is 0 Å². The zero-order chi connectivity index (χ0) is 26.9. The number of nitrogens with zero attached hydrogens (tertiary/aromatic N) is 2. The van der Waals surface area contributed by atoms with Crippen molar-refractivity contribution in [2.75, 3.05) is 0 Å². The van der Waals surface area contributed by atoms with Gasteiger partial charge in [0.1, 0.15) is 11.4 Å². The number of primary amides is 1. The molecule has 2 aliphatic carbocycles. The van der Waals surface area contributed by atoms with Crippen molar-refractivity contribution in [3.05, 3.63) is 95.8 Å². The van der Waals surface area contributed by atoms with Gasteiger partial charge in [0.05, 0.1) is 17.6 Å². The van der Waals surface area contributed by atoms with Crippen LogP contribution in [0.4, 0.5) is 4.79 Å². The van der Waals surface area contributed by atoms with Gasteiger partial charge in [0.2, 0.25) is 5.91 Å². The highest BCUT2D eigenvalue weighted by molar-refractivity contribution is 5.97. The number of amidine groups is 1. The van der Waals surface area contributed by atoms with Gasteiger partial charge in [-0.2, -0.15) is 0 Å². The highest BCUT2D eigenvalue weighted by atomic mass is 16.6. The molecule has 3 unspecified atom stereocenters. The number of ether oxygens (including phenoxy) is 1. The van der Waals surface area contributed by atoms with E-state index in [1.807, 2.05) is 32.9 Å². The molecular formula is C31H36N4O3. The molecule has 0 bridgehead atoms. The van der Waals surface area contributed by atoms with E-state index in [-0.39, 0.29) is 29.6 Å². The molecule has 4 aliphatic rings. The summed E-state index contributed by atoms with van der Waals surface area (Å²) in [5.41, 5.74) is 7.51.